The van der Waals surface area contributed by atoms with Crippen molar-refractivity contribution < 1.29 is 0 Å². The van der Waals surface area contributed by atoms with Gasteiger partial charge < -0.3 is 16.0 Å². The molecule has 4 nitrogen and oxygen atoms in total. The molecule has 0 unspecified atom stereocenters. The van der Waals surface area contributed by atoms with Crippen molar-refractivity contribution in [3.63, 3.8) is 0 Å². The Balaban J connectivity index is 2.16. The molecule has 3 aromatic rings. The predicted octanol–water partition coefficient (Wildman–Crippen LogP) is 2.82. The zero-order valence-electron chi connectivity index (χ0n) is 11.1. The van der Waals surface area contributed by atoms with Crippen molar-refractivity contribution in [1.82, 2.24) is 4.98 Å². The molecule has 0 atom stereocenters. The third-order valence-corrected chi connectivity index (χ3v) is 3.34. The van der Waals surface area contributed by atoms with Crippen LogP contribution in [0.5, 0.6) is 0 Å². The summed E-state index contributed by atoms with van der Waals surface area (Å²) in [6.45, 7) is 0. The van der Waals surface area contributed by atoms with Gasteiger partial charge in [-0.1, -0.05) is 12.1 Å². The van der Waals surface area contributed by atoms with Gasteiger partial charge in [-0.15, -0.1) is 0 Å². The summed E-state index contributed by atoms with van der Waals surface area (Å²) >= 11 is 0. The topological polar surface area (TPSA) is 70.9 Å². The fourth-order valence-electron chi connectivity index (χ4n) is 2.24. The van der Waals surface area contributed by atoms with Gasteiger partial charge in [0, 0.05) is 41.1 Å². The number of nitrogens with two attached hydrogens (primary N) is 1. The van der Waals surface area contributed by atoms with Crippen LogP contribution in [0.4, 0.5) is 11.4 Å². The molecule has 0 saturated heterocycles. The highest BCUT2D eigenvalue weighted by atomic mass is 16.1. The number of anilines is 2. The molecule has 20 heavy (non-hydrogen) atoms. The van der Waals surface area contributed by atoms with E-state index in [9.17, 15) is 4.79 Å². The van der Waals surface area contributed by atoms with E-state index < -0.39 is 0 Å². The molecule has 0 aliphatic carbocycles. The highest BCUT2D eigenvalue weighted by Gasteiger charge is 2.04. The Hall–Kier alpha value is -2.75. The molecule has 0 fully saturated rings. The van der Waals surface area contributed by atoms with Crippen molar-refractivity contribution in [2.45, 2.75) is 0 Å². The van der Waals surface area contributed by atoms with Gasteiger partial charge in [0.15, 0.2) is 5.43 Å². The molecule has 0 aliphatic heterocycles. The lowest BCUT2D eigenvalue weighted by atomic mass is 10.1. The Labute approximate surface area is 116 Å². The first-order valence-electron chi connectivity index (χ1n) is 6.38. The number of rotatable bonds is 2. The zero-order chi connectivity index (χ0) is 14.1. The van der Waals surface area contributed by atoms with E-state index in [0.717, 1.165) is 22.5 Å². The van der Waals surface area contributed by atoms with Crippen molar-refractivity contribution in [3.05, 3.63) is 58.8 Å². The average molecular weight is 265 g/mol. The summed E-state index contributed by atoms with van der Waals surface area (Å²) in [5.74, 6) is 0. The minimum Gasteiger partial charge on any atom is -0.399 e. The van der Waals surface area contributed by atoms with E-state index in [1.54, 1.807) is 18.2 Å². The van der Waals surface area contributed by atoms with Crippen LogP contribution in [0.2, 0.25) is 0 Å². The molecule has 1 aromatic heterocycles. The smallest absolute Gasteiger partial charge is 0.190 e. The van der Waals surface area contributed by atoms with Crippen LogP contribution in [0, 0.1) is 0 Å². The van der Waals surface area contributed by atoms with Crippen molar-refractivity contribution in [2.24, 2.45) is 0 Å². The molecule has 100 valence electrons. The number of aromatic amines is 1. The van der Waals surface area contributed by atoms with E-state index in [2.05, 4.69) is 10.3 Å². The average Bonchev–Trinajstić information content (AvgIpc) is 2.48. The number of fused-ring (bicyclic) bond motifs is 1. The lowest BCUT2D eigenvalue weighted by molar-refractivity contribution is 1.38. The fourth-order valence-corrected chi connectivity index (χ4v) is 2.24. The summed E-state index contributed by atoms with van der Waals surface area (Å²) in [4.78, 5) is 15.4. The van der Waals surface area contributed by atoms with E-state index in [-0.39, 0.29) is 5.43 Å². The van der Waals surface area contributed by atoms with E-state index in [1.165, 1.54) is 0 Å². The Bertz CT molecular complexity index is 819. The third kappa shape index (κ3) is 2.12. The number of benzene rings is 2. The van der Waals surface area contributed by atoms with Crippen LogP contribution >= 0.6 is 0 Å². The molecule has 0 spiro atoms. The Morgan fingerprint density at radius 2 is 1.80 bits per heavy atom. The van der Waals surface area contributed by atoms with Gasteiger partial charge in [-0.05, 0) is 35.9 Å². The lowest BCUT2D eigenvalue weighted by Crippen LogP contribution is -2.03. The summed E-state index contributed by atoms with van der Waals surface area (Å²) in [7, 11) is 1.87. The molecular weight excluding hydrogens is 250 g/mol. The summed E-state index contributed by atoms with van der Waals surface area (Å²) < 4.78 is 0. The van der Waals surface area contributed by atoms with Gasteiger partial charge >= 0.3 is 0 Å². The highest BCUT2D eigenvalue weighted by Crippen LogP contribution is 2.21. The Kier molecular flexibility index (Phi) is 2.91. The van der Waals surface area contributed by atoms with Gasteiger partial charge in [-0.2, -0.15) is 0 Å². The normalized spacial score (nSPS) is 10.7. The van der Waals surface area contributed by atoms with Crippen LogP contribution in [-0.4, -0.2) is 12.0 Å². The number of pyridine rings is 1. The molecule has 4 heteroatoms. The van der Waals surface area contributed by atoms with Crippen LogP contribution in [0.3, 0.4) is 0 Å². The molecule has 0 bridgehead atoms. The van der Waals surface area contributed by atoms with Crippen LogP contribution in [0.15, 0.2) is 53.3 Å². The molecule has 2 aromatic carbocycles. The van der Waals surface area contributed by atoms with Crippen LogP contribution in [-0.2, 0) is 0 Å². The van der Waals surface area contributed by atoms with Gasteiger partial charge in [0.25, 0.3) is 0 Å². The minimum atomic E-state index is -0.0289. The maximum Gasteiger partial charge on any atom is 0.190 e. The van der Waals surface area contributed by atoms with Crippen molar-refractivity contribution in [3.8, 4) is 11.3 Å². The van der Waals surface area contributed by atoms with Crippen molar-refractivity contribution in [2.75, 3.05) is 18.1 Å². The Morgan fingerprint density at radius 3 is 2.50 bits per heavy atom. The van der Waals surface area contributed by atoms with E-state index in [1.807, 2.05) is 37.4 Å². The van der Waals surface area contributed by atoms with Crippen molar-refractivity contribution >= 4 is 22.3 Å². The number of hydrogen-bond acceptors (Lipinski definition) is 3. The van der Waals surface area contributed by atoms with Gasteiger partial charge in [-0.25, -0.2) is 0 Å². The van der Waals surface area contributed by atoms with Gasteiger partial charge in [0.1, 0.15) is 0 Å². The largest absolute Gasteiger partial charge is 0.399 e. The van der Waals surface area contributed by atoms with E-state index in [0.29, 0.717) is 11.1 Å². The van der Waals surface area contributed by atoms with Gasteiger partial charge in [0.2, 0.25) is 0 Å². The summed E-state index contributed by atoms with van der Waals surface area (Å²) in [6, 6.07) is 14.8. The SMILES string of the molecule is CNc1ccc(-c2cc(=O)c3cc(N)ccc3[nH]2)cc1. The molecular formula is C16H15N3O. The quantitative estimate of drug-likeness (QED) is 0.624. The second kappa shape index (κ2) is 4.74. The minimum absolute atomic E-state index is 0.0289. The second-order valence-electron chi connectivity index (χ2n) is 4.68. The Morgan fingerprint density at radius 1 is 1.05 bits per heavy atom. The first-order chi connectivity index (χ1) is 9.67. The maximum atomic E-state index is 12.2. The number of nitrogens with one attached hydrogen (secondary N) is 2. The summed E-state index contributed by atoms with van der Waals surface area (Å²) in [6.07, 6.45) is 0. The van der Waals surface area contributed by atoms with Gasteiger partial charge in [-0.3, -0.25) is 4.79 Å². The molecule has 0 radical (unpaired) electrons. The van der Waals surface area contributed by atoms with Crippen molar-refractivity contribution in [1.29, 1.82) is 0 Å². The van der Waals surface area contributed by atoms with Crippen LogP contribution in [0.1, 0.15) is 0 Å². The standard InChI is InChI=1S/C16H15N3O/c1-18-12-5-2-10(3-6-12)15-9-16(20)13-8-11(17)4-7-14(13)19-15/h2-9,18H,17H2,1H3,(H,19,20). The monoisotopic (exact) mass is 265 g/mol. The highest BCUT2D eigenvalue weighted by molar-refractivity contribution is 5.84. The number of hydrogen-bond donors (Lipinski definition) is 3. The first kappa shape index (κ1) is 12.3. The number of H-pyrrole nitrogens is 1. The predicted molar refractivity (Wildman–Crippen MR) is 84.0 cm³/mol. The number of aromatic nitrogens is 1. The fraction of sp³-hybridized carbons (Fsp3) is 0.0625. The molecule has 0 aliphatic rings. The van der Waals surface area contributed by atoms with E-state index >= 15 is 0 Å². The molecule has 4 N–H and O–H groups in total. The lowest BCUT2D eigenvalue weighted by Gasteiger charge is -2.06. The molecule has 1 heterocycles. The van der Waals surface area contributed by atoms with Crippen LogP contribution < -0.4 is 16.5 Å². The molecule has 3 rings (SSSR count). The molecule has 0 saturated carbocycles. The summed E-state index contributed by atoms with van der Waals surface area (Å²) in [5, 5.41) is 3.68. The summed E-state index contributed by atoms with van der Waals surface area (Å²) in [5.41, 5.74) is 9.87. The zero-order valence-corrected chi connectivity index (χ0v) is 11.1. The number of nitrogen functional groups attached to an aromatic ring is 1. The van der Waals surface area contributed by atoms with E-state index in [4.69, 9.17) is 5.73 Å². The van der Waals surface area contributed by atoms with Gasteiger partial charge in [0.05, 0.1) is 0 Å². The second-order valence-corrected chi connectivity index (χ2v) is 4.68. The van der Waals surface area contributed by atoms with Crippen LogP contribution in [0.25, 0.3) is 22.2 Å². The first-order valence-corrected chi connectivity index (χ1v) is 6.38. The maximum absolute atomic E-state index is 12.2. The third-order valence-electron chi connectivity index (χ3n) is 3.34. The molecule has 0 amide bonds.